The lowest BCUT2D eigenvalue weighted by Crippen LogP contribution is -2.18. The Morgan fingerprint density at radius 1 is 1.29 bits per heavy atom. The van der Waals surface area contributed by atoms with Gasteiger partial charge in [-0.15, -0.1) is 11.3 Å². The summed E-state index contributed by atoms with van der Waals surface area (Å²) >= 11 is 1.36. The molecule has 0 unspecified atom stereocenters. The number of hydrogen-bond acceptors (Lipinski definition) is 4. The van der Waals surface area contributed by atoms with Crippen molar-refractivity contribution >= 4 is 27.4 Å². The minimum atomic E-state index is -0.833. The van der Waals surface area contributed by atoms with Gasteiger partial charge in [-0.3, -0.25) is 0 Å². The number of nitrogens with zero attached hydrogens (tertiary/aromatic N) is 1. The maximum atomic E-state index is 11.4. The lowest BCUT2D eigenvalue weighted by Gasteiger charge is -2.09. The summed E-state index contributed by atoms with van der Waals surface area (Å²) in [4.78, 5) is 14.0. The summed E-state index contributed by atoms with van der Waals surface area (Å²) in [7, 11) is 4.15. The van der Waals surface area contributed by atoms with Crippen LogP contribution in [0.3, 0.4) is 0 Å². The molecule has 0 saturated heterocycles. The quantitative estimate of drug-likeness (QED) is 0.736. The maximum Gasteiger partial charge on any atom is 0.346 e. The smallest absolute Gasteiger partial charge is 0.346 e. The second kappa shape index (κ2) is 7.54. The van der Waals surface area contributed by atoms with Crippen molar-refractivity contribution in [1.29, 1.82) is 0 Å². The van der Waals surface area contributed by atoms with E-state index in [1.54, 1.807) is 0 Å². The first kappa shape index (κ1) is 15.9. The largest absolute Gasteiger partial charge is 0.477 e. The van der Waals surface area contributed by atoms with Gasteiger partial charge in [-0.25, -0.2) is 4.79 Å². The molecule has 2 aromatic rings. The zero-order valence-corrected chi connectivity index (χ0v) is 13.4. The zero-order chi connectivity index (χ0) is 15.2. The lowest BCUT2D eigenvalue weighted by atomic mass is 10.1. The van der Waals surface area contributed by atoms with Crippen LogP contribution < -0.4 is 5.32 Å². The lowest BCUT2D eigenvalue weighted by molar-refractivity contribution is 0.0701. The van der Waals surface area contributed by atoms with Crippen molar-refractivity contribution in [2.75, 3.05) is 27.2 Å². The Kier molecular flexibility index (Phi) is 5.73. The van der Waals surface area contributed by atoms with E-state index in [9.17, 15) is 9.90 Å². The van der Waals surface area contributed by atoms with Crippen molar-refractivity contribution in [1.82, 2.24) is 10.2 Å². The monoisotopic (exact) mass is 306 g/mol. The standard InChI is InChI=1S/C16H22N2O2S/c1-18(2)10-6-5-9-17-11-13-12-7-3-4-8-14(12)21-15(13)16(19)20/h3-4,7-8,17H,5-6,9-11H2,1-2H3,(H,19,20). The molecule has 2 rings (SSSR count). The summed E-state index contributed by atoms with van der Waals surface area (Å²) in [5.41, 5.74) is 0.913. The highest BCUT2D eigenvalue weighted by Gasteiger charge is 2.16. The SMILES string of the molecule is CN(C)CCCCNCc1c(C(=O)O)sc2ccccc12. The van der Waals surface area contributed by atoms with Gasteiger partial charge >= 0.3 is 5.97 Å². The summed E-state index contributed by atoms with van der Waals surface area (Å²) in [5.74, 6) is -0.833. The van der Waals surface area contributed by atoms with E-state index in [4.69, 9.17) is 0 Å². The number of nitrogens with one attached hydrogen (secondary N) is 1. The van der Waals surface area contributed by atoms with Crippen LogP contribution in [0, 0.1) is 0 Å². The van der Waals surface area contributed by atoms with Gasteiger partial charge in [0, 0.05) is 11.2 Å². The number of hydrogen-bond donors (Lipinski definition) is 2. The van der Waals surface area contributed by atoms with Crippen LogP contribution in [-0.4, -0.2) is 43.2 Å². The van der Waals surface area contributed by atoms with Crippen LogP contribution in [0.1, 0.15) is 28.1 Å². The second-order valence-corrected chi connectivity index (χ2v) is 6.45. The third-order valence-electron chi connectivity index (χ3n) is 3.40. The van der Waals surface area contributed by atoms with Crippen LogP contribution in [0.15, 0.2) is 24.3 Å². The van der Waals surface area contributed by atoms with Gasteiger partial charge in [-0.1, -0.05) is 18.2 Å². The number of thiophene rings is 1. The van der Waals surface area contributed by atoms with Crippen LogP contribution in [0.25, 0.3) is 10.1 Å². The van der Waals surface area contributed by atoms with Crippen molar-refractivity contribution in [3.8, 4) is 0 Å². The number of benzene rings is 1. The van der Waals surface area contributed by atoms with Gasteiger partial charge in [0.1, 0.15) is 4.88 Å². The van der Waals surface area contributed by atoms with E-state index in [0.29, 0.717) is 11.4 Å². The van der Waals surface area contributed by atoms with Crippen molar-refractivity contribution in [3.63, 3.8) is 0 Å². The second-order valence-electron chi connectivity index (χ2n) is 5.40. The first-order chi connectivity index (χ1) is 10.1. The van der Waals surface area contributed by atoms with Gasteiger partial charge in [-0.2, -0.15) is 0 Å². The maximum absolute atomic E-state index is 11.4. The zero-order valence-electron chi connectivity index (χ0n) is 12.6. The molecule has 2 N–H and O–H groups in total. The van der Waals surface area contributed by atoms with Gasteiger partial charge in [0.15, 0.2) is 0 Å². The van der Waals surface area contributed by atoms with Crippen molar-refractivity contribution < 1.29 is 9.90 Å². The number of carboxylic acid groups (broad SMARTS) is 1. The Balaban J connectivity index is 1.97. The van der Waals surface area contributed by atoms with E-state index in [0.717, 1.165) is 41.6 Å². The Labute approximate surface area is 129 Å². The summed E-state index contributed by atoms with van der Waals surface area (Å²) < 4.78 is 1.04. The number of unbranched alkanes of at least 4 members (excludes halogenated alkanes) is 1. The van der Waals surface area contributed by atoms with Gasteiger partial charge < -0.3 is 15.3 Å². The normalized spacial score (nSPS) is 11.4. The number of fused-ring (bicyclic) bond motifs is 1. The fourth-order valence-electron chi connectivity index (χ4n) is 2.34. The van der Waals surface area contributed by atoms with Crippen LogP contribution in [0.2, 0.25) is 0 Å². The van der Waals surface area contributed by atoms with E-state index in [1.807, 2.05) is 24.3 Å². The molecule has 0 bridgehead atoms. The van der Waals surface area contributed by atoms with E-state index in [-0.39, 0.29) is 0 Å². The molecule has 5 heteroatoms. The Morgan fingerprint density at radius 2 is 2.05 bits per heavy atom. The molecular formula is C16H22N2O2S. The van der Waals surface area contributed by atoms with E-state index in [2.05, 4.69) is 24.3 Å². The molecule has 114 valence electrons. The molecule has 1 heterocycles. The number of aromatic carboxylic acids is 1. The molecule has 0 amide bonds. The molecule has 0 atom stereocenters. The molecule has 0 fully saturated rings. The van der Waals surface area contributed by atoms with E-state index in [1.165, 1.54) is 11.3 Å². The van der Waals surface area contributed by atoms with Crippen LogP contribution in [0.5, 0.6) is 0 Å². The molecule has 1 aromatic heterocycles. The van der Waals surface area contributed by atoms with Crippen LogP contribution in [0.4, 0.5) is 0 Å². The van der Waals surface area contributed by atoms with E-state index < -0.39 is 5.97 Å². The fourth-order valence-corrected chi connectivity index (χ4v) is 3.40. The third-order valence-corrected chi connectivity index (χ3v) is 4.60. The molecule has 0 aliphatic heterocycles. The van der Waals surface area contributed by atoms with Crippen molar-refractivity contribution in [3.05, 3.63) is 34.7 Å². The third kappa shape index (κ3) is 4.27. The molecule has 4 nitrogen and oxygen atoms in total. The minimum Gasteiger partial charge on any atom is -0.477 e. The summed E-state index contributed by atoms with van der Waals surface area (Å²) in [6, 6.07) is 7.89. The summed E-state index contributed by atoms with van der Waals surface area (Å²) in [6.45, 7) is 2.62. The fraction of sp³-hybridized carbons (Fsp3) is 0.438. The average molecular weight is 306 g/mol. The number of carbonyl (C=O) groups is 1. The Morgan fingerprint density at radius 3 is 2.76 bits per heavy atom. The van der Waals surface area contributed by atoms with Crippen molar-refractivity contribution in [2.24, 2.45) is 0 Å². The van der Waals surface area contributed by atoms with Gasteiger partial charge in [0.2, 0.25) is 0 Å². The topological polar surface area (TPSA) is 52.6 Å². The summed E-state index contributed by atoms with van der Waals surface area (Å²) in [6.07, 6.45) is 2.25. The first-order valence-electron chi connectivity index (χ1n) is 7.18. The summed E-state index contributed by atoms with van der Waals surface area (Å²) in [5, 5.41) is 13.8. The molecule has 0 saturated carbocycles. The molecule has 1 aromatic carbocycles. The van der Waals surface area contributed by atoms with Crippen LogP contribution >= 0.6 is 11.3 Å². The van der Waals surface area contributed by atoms with Gasteiger partial charge in [0.25, 0.3) is 0 Å². The number of rotatable bonds is 8. The highest BCUT2D eigenvalue weighted by Crippen LogP contribution is 2.31. The molecule has 0 aliphatic carbocycles. The Bertz CT molecular complexity index is 607. The molecule has 0 spiro atoms. The van der Waals surface area contributed by atoms with Gasteiger partial charge in [-0.05, 0) is 57.0 Å². The van der Waals surface area contributed by atoms with E-state index >= 15 is 0 Å². The average Bonchev–Trinajstić information content (AvgIpc) is 2.81. The van der Waals surface area contributed by atoms with Gasteiger partial charge in [0.05, 0.1) is 0 Å². The predicted molar refractivity (Wildman–Crippen MR) is 88.3 cm³/mol. The predicted octanol–water partition coefficient (Wildman–Crippen LogP) is 3.03. The molecular weight excluding hydrogens is 284 g/mol. The first-order valence-corrected chi connectivity index (χ1v) is 8.00. The van der Waals surface area contributed by atoms with Crippen molar-refractivity contribution in [2.45, 2.75) is 19.4 Å². The molecule has 0 radical (unpaired) electrons. The van der Waals surface area contributed by atoms with Crippen LogP contribution in [-0.2, 0) is 6.54 Å². The highest BCUT2D eigenvalue weighted by atomic mass is 32.1. The highest BCUT2D eigenvalue weighted by molar-refractivity contribution is 7.21. The Hall–Kier alpha value is -1.43. The minimum absolute atomic E-state index is 0.456. The molecule has 0 aliphatic rings. The number of carboxylic acids is 1. The molecule has 21 heavy (non-hydrogen) atoms.